The van der Waals surface area contributed by atoms with Gasteiger partial charge in [-0.2, -0.15) is 26.3 Å². The Morgan fingerprint density at radius 3 is 1.29 bits per heavy atom. The van der Waals surface area contributed by atoms with Gasteiger partial charge in [0.25, 0.3) is 11.8 Å². The molecule has 0 aliphatic carbocycles. The summed E-state index contributed by atoms with van der Waals surface area (Å²) in [6.07, 6.45) is -10.3. The maximum absolute atomic E-state index is 13.9. The number of amides is 4. The van der Waals surface area contributed by atoms with Gasteiger partial charge >= 0.3 is 24.5 Å². The van der Waals surface area contributed by atoms with Crippen molar-refractivity contribution in [2.45, 2.75) is 62.3 Å². The Labute approximate surface area is 502 Å². The van der Waals surface area contributed by atoms with Gasteiger partial charge in [-0.15, -0.1) is 0 Å². The predicted molar refractivity (Wildman–Crippen MR) is 313 cm³/mol. The Hall–Kier alpha value is -7.80. The van der Waals surface area contributed by atoms with Crippen LogP contribution in [-0.2, 0) is 41.1 Å². The molecule has 4 aliphatic heterocycles. The molecule has 84 heavy (non-hydrogen) atoms. The van der Waals surface area contributed by atoms with Crippen LogP contribution >= 0.6 is 55.1 Å². The number of carbonyl (C=O) groups is 4. The Morgan fingerprint density at radius 2 is 0.929 bits per heavy atom. The van der Waals surface area contributed by atoms with Crippen LogP contribution in [0.3, 0.4) is 0 Å². The highest BCUT2D eigenvalue weighted by molar-refractivity contribution is 9.18. The molecule has 16 nitrogen and oxygen atoms in total. The van der Waals surface area contributed by atoms with Gasteiger partial charge in [0.2, 0.25) is 0 Å². The third-order valence-electron chi connectivity index (χ3n) is 13.2. The number of para-hydroxylation sites is 2. The van der Waals surface area contributed by atoms with E-state index in [1.165, 1.54) is 12.1 Å². The van der Waals surface area contributed by atoms with Gasteiger partial charge in [0, 0.05) is 71.1 Å². The summed E-state index contributed by atoms with van der Waals surface area (Å²) in [4.78, 5) is 76.5. The molecule has 2 N–H and O–H groups in total. The lowest BCUT2D eigenvalue weighted by atomic mass is 10.00. The predicted octanol–water partition coefficient (Wildman–Crippen LogP) is 14.1. The van der Waals surface area contributed by atoms with Crippen molar-refractivity contribution in [1.82, 2.24) is 0 Å². The topological polar surface area (TPSA) is 185 Å². The highest BCUT2D eigenvalue weighted by Gasteiger charge is 2.39. The molecular weight excluding hydrogens is 1280 g/mol. The Morgan fingerprint density at radius 1 is 0.560 bits per heavy atom. The fraction of sp³-hybridized carbons (Fsp3) is 0.241. The molecule has 26 heteroatoms. The molecule has 0 unspecified atom stereocenters. The summed E-state index contributed by atoms with van der Waals surface area (Å²) in [5.41, 5.74) is 1.80. The molecule has 0 bridgehead atoms. The number of hydrogen-bond acceptors (Lipinski definition) is 12. The third-order valence-corrected chi connectivity index (χ3v) is 14.6. The molecule has 4 amide bonds. The number of oxime groups is 2. The summed E-state index contributed by atoms with van der Waals surface area (Å²) in [6, 6.07) is 36.6. The number of benzodiazepines with no additional fused rings is 2. The first kappa shape index (κ1) is 60.8. The largest absolute Gasteiger partial charge is 0.446 e. The number of alkyl halides is 6. The number of ether oxygens (including phenoxy) is 2. The number of fused-ring (bicyclic) bond motifs is 2. The number of benzene rings is 6. The Bertz CT molecular complexity index is 3330. The van der Waals surface area contributed by atoms with Gasteiger partial charge in [0.05, 0.1) is 45.3 Å². The molecule has 0 saturated carbocycles. The smallest absolute Gasteiger partial charge is 0.418 e. The molecule has 4 aliphatic rings. The minimum absolute atomic E-state index is 0.144. The fourth-order valence-electron chi connectivity index (χ4n) is 9.27. The van der Waals surface area contributed by atoms with Gasteiger partial charge in [-0.25, -0.2) is 9.59 Å². The van der Waals surface area contributed by atoms with Gasteiger partial charge in [-0.3, -0.25) is 30.2 Å². The van der Waals surface area contributed by atoms with E-state index in [1.54, 1.807) is 9.80 Å². The van der Waals surface area contributed by atoms with Crippen LogP contribution in [0.2, 0.25) is 10.0 Å². The Kier molecular flexibility index (Phi) is 19.4. The fourth-order valence-corrected chi connectivity index (χ4v) is 10.5. The molecule has 10 rings (SSSR count). The number of rotatable bonds is 14. The number of carbonyl (C=O) groups excluding carboxylic acids is 4. The molecule has 0 fully saturated rings. The van der Waals surface area contributed by atoms with Crippen LogP contribution in [0.4, 0.5) is 58.7 Å². The van der Waals surface area contributed by atoms with Crippen molar-refractivity contribution in [1.29, 1.82) is 0 Å². The quantitative estimate of drug-likeness (QED) is 0.101. The molecule has 6 aromatic carbocycles. The van der Waals surface area contributed by atoms with Gasteiger partial charge in [0.15, 0.2) is 12.1 Å². The minimum Gasteiger partial charge on any atom is -0.446 e. The highest BCUT2D eigenvalue weighted by Crippen LogP contribution is 2.39. The molecule has 436 valence electrons. The average Bonchev–Trinajstić information content (AvgIpc) is 4.27. The van der Waals surface area contributed by atoms with Gasteiger partial charge < -0.3 is 28.9 Å². The van der Waals surface area contributed by atoms with Crippen LogP contribution in [-0.4, -0.2) is 95.3 Å². The average molecular weight is 1330 g/mol. The second kappa shape index (κ2) is 26.8. The first-order valence-electron chi connectivity index (χ1n) is 25.7. The van der Waals surface area contributed by atoms with E-state index in [2.05, 4.69) is 52.8 Å². The van der Waals surface area contributed by atoms with E-state index in [-0.39, 0.29) is 35.3 Å². The van der Waals surface area contributed by atoms with Crippen LogP contribution in [0.25, 0.3) is 0 Å². The minimum atomic E-state index is -4.77. The van der Waals surface area contributed by atoms with E-state index in [0.29, 0.717) is 81.0 Å². The SMILES string of the molecule is O=C(Nc1ccc(Cl)cc1C(F)(F)F)OC[C@H]1N=C(c2ccccc2)c2ccccc2N(CC[C@@H]2CC(Br)=NO2)C1=O.O=C(Nc1ccc(Cl)cc1C(F)(F)F)OC[C@H]1N=C(c2ccccc2)c2ccccc2N(CC[C@H]2CC(Br)=NO2)C1=O. The van der Waals surface area contributed by atoms with E-state index in [1.807, 2.05) is 109 Å². The van der Waals surface area contributed by atoms with Crippen molar-refractivity contribution >= 4 is 122 Å². The highest BCUT2D eigenvalue weighted by atomic mass is 79.9. The Balaban J connectivity index is 0.000000202. The van der Waals surface area contributed by atoms with Crippen LogP contribution in [0.1, 0.15) is 59.1 Å². The van der Waals surface area contributed by atoms with Crippen molar-refractivity contribution in [3.63, 3.8) is 0 Å². The molecule has 6 aromatic rings. The van der Waals surface area contributed by atoms with E-state index >= 15 is 0 Å². The maximum Gasteiger partial charge on any atom is 0.418 e. The van der Waals surface area contributed by atoms with Crippen molar-refractivity contribution < 1.29 is 64.7 Å². The zero-order valence-corrected chi connectivity index (χ0v) is 48.2. The monoisotopic (exact) mass is 1320 g/mol. The molecule has 4 atom stereocenters. The van der Waals surface area contributed by atoms with E-state index in [9.17, 15) is 45.5 Å². The van der Waals surface area contributed by atoms with Crippen LogP contribution in [0, 0.1) is 0 Å². The summed E-state index contributed by atoms with van der Waals surface area (Å²) in [7, 11) is 0. The van der Waals surface area contributed by atoms with E-state index in [0.717, 1.165) is 23.3 Å². The summed E-state index contributed by atoms with van der Waals surface area (Å²) < 4.78 is 92.9. The lowest BCUT2D eigenvalue weighted by molar-refractivity contribution is -0.137. The first-order chi connectivity index (χ1) is 40.2. The van der Waals surface area contributed by atoms with Crippen molar-refractivity contribution in [2.75, 3.05) is 46.7 Å². The van der Waals surface area contributed by atoms with Gasteiger partial charge in [-0.1, -0.05) is 131 Å². The molecule has 0 spiro atoms. The first-order valence-corrected chi connectivity index (χ1v) is 28.0. The molecule has 4 heterocycles. The number of anilines is 4. The number of hydrogen-bond donors (Lipinski definition) is 2. The normalized spacial score (nSPS) is 18.4. The lowest BCUT2D eigenvalue weighted by Crippen LogP contribution is -2.42. The van der Waals surface area contributed by atoms with Crippen molar-refractivity contribution in [2.24, 2.45) is 20.3 Å². The third kappa shape index (κ3) is 15.1. The van der Waals surface area contributed by atoms with Crippen molar-refractivity contribution in [3.8, 4) is 0 Å². The van der Waals surface area contributed by atoms with Crippen LogP contribution in [0.15, 0.2) is 166 Å². The zero-order valence-electron chi connectivity index (χ0n) is 43.6. The van der Waals surface area contributed by atoms with E-state index in [4.69, 9.17) is 52.3 Å². The molecule has 0 aromatic heterocycles. The molecule has 0 saturated heterocycles. The summed E-state index contributed by atoms with van der Waals surface area (Å²) in [5, 5.41) is 11.7. The van der Waals surface area contributed by atoms with Gasteiger partial charge in [-0.05, 0) is 80.4 Å². The zero-order chi connectivity index (χ0) is 59.7. The standard InChI is InChI=1S/2C29H23BrClF3N4O4/c2*30-25-15-19(42-37-25)12-13-38-24-9-5-4-8-20(24)26(17-6-2-1-3-7-17)35-23(27(38)39)16-41-28(40)36-22-11-10-18(31)14-21(22)29(32,33)34/h2*1-11,14,19,23H,12-13,15-16H2,(H,36,40)/t19-,23+;19-,23-/m01/s1. The van der Waals surface area contributed by atoms with Crippen molar-refractivity contribution in [3.05, 3.63) is 189 Å². The molecular formula is C58H46Br2Cl2F6N8O8. The molecule has 0 radical (unpaired) electrons. The number of halogens is 10. The summed E-state index contributed by atoms with van der Waals surface area (Å²) in [6.45, 7) is -0.517. The van der Waals surface area contributed by atoms with Gasteiger partial charge in [0.1, 0.15) is 34.7 Å². The number of aliphatic imine (C=N–C) groups is 2. The van der Waals surface area contributed by atoms with Crippen LogP contribution < -0.4 is 20.4 Å². The second-order valence-corrected chi connectivity index (χ2v) is 21.6. The number of nitrogens with one attached hydrogen (secondary N) is 2. The summed E-state index contributed by atoms with van der Waals surface area (Å²) >= 11 is 18.1. The maximum atomic E-state index is 13.9. The number of nitrogens with zero attached hydrogens (tertiary/aromatic N) is 6. The van der Waals surface area contributed by atoms with Crippen LogP contribution in [0.5, 0.6) is 0 Å². The van der Waals surface area contributed by atoms with E-state index < -0.39 is 84.2 Å². The summed E-state index contributed by atoms with van der Waals surface area (Å²) in [5.74, 6) is -0.886. The second-order valence-electron chi connectivity index (χ2n) is 18.9. The lowest BCUT2D eigenvalue weighted by Gasteiger charge is -2.26.